The van der Waals surface area contributed by atoms with Gasteiger partial charge in [-0.2, -0.15) is 0 Å². The summed E-state index contributed by atoms with van der Waals surface area (Å²) in [4.78, 5) is 54.2. The van der Waals surface area contributed by atoms with Gasteiger partial charge < -0.3 is 30.7 Å². The highest BCUT2D eigenvalue weighted by Gasteiger charge is 2.30. The minimum Gasteiger partial charge on any atom is -0.496 e. The number of amides is 2. The van der Waals surface area contributed by atoms with Crippen LogP contribution in [0.1, 0.15) is 55.8 Å². The van der Waals surface area contributed by atoms with Crippen molar-refractivity contribution >= 4 is 52.7 Å². The van der Waals surface area contributed by atoms with E-state index in [9.17, 15) is 14.4 Å². The molecule has 14 heteroatoms. The van der Waals surface area contributed by atoms with E-state index < -0.39 is 5.82 Å². The third-order valence-electron chi connectivity index (χ3n) is 9.81. The van der Waals surface area contributed by atoms with Crippen molar-refractivity contribution in [1.29, 1.82) is 0 Å². The number of hydrogen-bond acceptors (Lipinski definition) is 10. The monoisotopic (exact) mass is 785 g/mol. The van der Waals surface area contributed by atoms with Crippen molar-refractivity contribution in [2.75, 3.05) is 44.5 Å². The molecule has 0 aliphatic carbocycles. The Balaban J connectivity index is 1.05. The number of aliphatic imine (C=N–C) groups is 1. The molecule has 0 saturated carbocycles. The van der Waals surface area contributed by atoms with E-state index >= 15 is 4.39 Å². The summed E-state index contributed by atoms with van der Waals surface area (Å²) >= 11 is 6.45. The Kier molecular flexibility index (Phi) is 11.5. The smallest absolute Gasteiger partial charge is 0.257 e. The number of rotatable bonds is 9. The summed E-state index contributed by atoms with van der Waals surface area (Å²) in [5.74, 6) is 5.39. The highest BCUT2D eigenvalue weighted by Crippen LogP contribution is 2.37. The largest absolute Gasteiger partial charge is 0.496 e. The first kappa shape index (κ1) is 38.6. The molecule has 2 aliphatic heterocycles. The molecule has 57 heavy (non-hydrogen) atoms. The molecule has 4 aromatic carbocycles. The van der Waals surface area contributed by atoms with E-state index in [1.54, 1.807) is 71.8 Å². The van der Waals surface area contributed by atoms with Crippen LogP contribution in [0.4, 0.5) is 21.7 Å². The normalized spacial score (nSPS) is 13.5. The molecule has 3 heterocycles. The van der Waals surface area contributed by atoms with E-state index in [0.29, 0.717) is 99.3 Å². The number of aromatic nitrogens is 2. The quantitative estimate of drug-likeness (QED) is 0.110. The van der Waals surface area contributed by atoms with Crippen LogP contribution in [-0.4, -0.2) is 72.5 Å². The number of nitrogens with two attached hydrogens (primary N) is 1. The molecule has 1 saturated heterocycles. The van der Waals surface area contributed by atoms with Crippen LogP contribution in [-0.2, 0) is 11.3 Å². The third-order valence-corrected chi connectivity index (χ3v) is 10.0. The topological polar surface area (TPSA) is 161 Å². The van der Waals surface area contributed by atoms with Gasteiger partial charge in [0.2, 0.25) is 11.9 Å². The van der Waals surface area contributed by atoms with Crippen LogP contribution in [0.2, 0.25) is 5.02 Å². The van der Waals surface area contributed by atoms with Crippen molar-refractivity contribution in [3.05, 3.63) is 123 Å². The standard InChI is InChI=1S/C43H37ClFN7O5/c1-56-36-7-3-6-35(45)38(36)40-34-20-29(44)9-12-32(34)39-28(22-47-40)23-48-43(51-39)50-31-11-13-33(37(21-31)57-2)42(55)52-17-14-25(15-18-52)41(54)49-30-10-8-27(24-53)26(19-30)5-4-16-46/h3,6-13,19-21,23-25H,14-18,22,46H2,1-2H3,(H,49,54)(H,48,50,51). The molecule has 288 valence electrons. The van der Waals surface area contributed by atoms with Gasteiger partial charge in [0.05, 0.1) is 49.8 Å². The van der Waals surface area contributed by atoms with Crippen molar-refractivity contribution in [2.24, 2.45) is 16.6 Å². The number of piperidine rings is 1. The van der Waals surface area contributed by atoms with Crippen LogP contribution in [0, 0.1) is 23.6 Å². The van der Waals surface area contributed by atoms with Gasteiger partial charge in [-0.3, -0.25) is 19.4 Å². The van der Waals surface area contributed by atoms with Gasteiger partial charge in [-0.15, -0.1) is 0 Å². The third kappa shape index (κ3) is 8.18. The average Bonchev–Trinajstić information content (AvgIpc) is 3.38. The van der Waals surface area contributed by atoms with E-state index in [-0.39, 0.29) is 42.3 Å². The fraction of sp³-hybridized carbons (Fsp3) is 0.209. The molecule has 2 amide bonds. The van der Waals surface area contributed by atoms with Crippen molar-refractivity contribution < 1.29 is 28.2 Å². The molecule has 7 rings (SSSR count). The molecule has 2 aliphatic rings. The molecule has 0 bridgehead atoms. The Labute approximate surface area is 333 Å². The van der Waals surface area contributed by atoms with Crippen molar-refractivity contribution in [3.63, 3.8) is 0 Å². The highest BCUT2D eigenvalue weighted by molar-refractivity contribution is 6.31. The van der Waals surface area contributed by atoms with Gasteiger partial charge in [-0.1, -0.05) is 35.6 Å². The zero-order chi connectivity index (χ0) is 40.1. The Bertz CT molecular complexity index is 2490. The van der Waals surface area contributed by atoms with Crippen LogP contribution in [0.15, 0.2) is 84.0 Å². The van der Waals surface area contributed by atoms with E-state index in [1.807, 2.05) is 6.07 Å². The second kappa shape index (κ2) is 17.0. The van der Waals surface area contributed by atoms with Crippen LogP contribution in [0.3, 0.4) is 0 Å². The molecule has 0 spiro atoms. The number of methoxy groups -OCH3 is 2. The SMILES string of the molecule is COc1cc(Nc2ncc3c(n2)-c2ccc(Cl)cc2C(c2c(F)cccc2OC)=NC3)ccc1C(=O)N1CCC(C(=O)Nc2ccc(C=O)c(C#CCN)c2)CC1. The lowest BCUT2D eigenvalue weighted by Gasteiger charge is -2.31. The van der Waals surface area contributed by atoms with Crippen LogP contribution < -0.4 is 25.8 Å². The Morgan fingerprint density at radius 3 is 2.54 bits per heavy atom. The zero-order valence-electron chi connectivity index (χ0n) is 31.1. The summed E-state index contributed by atoms with van der Waals surface area (Å²) in [6.45, 7) is 1.08. The van der Waals surface area contributed by atoms with Crippen molar-refractivity contribution in [1.82, 2.24) is 14.9 Å². The van der Waals surface area contributed by atoms with Gasteiger partial charge in [0, 0.05) is 75.5 Å². The maximum absolute atomic E-state index is 15.3. The minimum absolute atomic E-state index is 0.144. The summed E-state index contributed by atoms with van der Waals surface area (Å²) < 4.78 is 26.5. The molecular weight excluding hydrogens is 749 g/mol. The molecule has 0 atom stereocenters. The predicted molar refractivity (Wildman–Crippen MR) is 216 cm³/mol. The lowest BCUT2D eigenvalue weighted by atomic mass is 9.94. The average molecular weight is 786 g/mol. The van der Waals surface area contributed by atoms with Crippen LogP contribution >= 0.6 is 11.6 Å². The van der Waals surface area contributed by atoms with Crippen LogP contribution in [0.25, 0.3) is 11.3 Å². The number of likely N-dealkylation sites (tertiary alicyclic amines) is 1. The number of halogens is 2. The first-order chi connectivity index (χ1) is 27.7. The van der Waals surface area contributed by atoms with E-state index in [0.717, 1.165) is 5.56 Å². The number of fused-ring (bicyclic) bond motifs is 3. The zero-order valence-corrected chi connectivity index (χ0v) is 31.8. The molecule has 0 unspecified atom stereocenters. The Morgan fingerprint density at radius 1 is 1.00 bits per heavy atom. The lowest BCUT2D eigenvalue weighted by molar-refractivity contribution is -0.121. The van der Waals surface area contributed by atoms with Gasteiger partial charge in [0.25, 0.3) is 5.91 Å². The van der Waals surface area contributed by atoms with E-state index in [1.165, 1.54) is 20.3 Å². The Morgan fingerprint density at radius 2 is 1.79 bits per heavy atom. The number of ether oxygens (including phenoxy) is 2. The maximum atomic E-state index is 15.3. The number of nitrogens with one attached hydrogen (secondary N) is 2. The van der Waals surface area contributed by atoms with Crippen molar-refractivity contribution in [3.8, 4) is 34.6 Å². The number of aldehydes is 1. The van der Waals surface area contributed by atoms with Crippen LogP contribution in [0.5, 0.6) is 11.5 Å². The second-order valence-corrected chi connectivity index (χ2v) is 13.7. The molecule has 1 aromatic heterocycles. The minimum atomic E-state index is -0.481. The molecular formula is C43H37ClFN7O5. The molecule has 12 nitrogen and oxygen atoms in total. The van der Waals surface area contributed by atoms with Crippen molar-refractivity contribution in [2.45, 2.75) is 19.4 Å². The summed E-state index contributed by atoms with van der Waals surface area (Å²) in [6.07, 6.45) is 3.32. The first-order valence-electron chi connectivity index (χ1n) is 18.1. The predicted octanol–water partition coefficient (Wildman–Crippen LogP) is 6.66. The molecule has 0 radical (unpaired) electrons. The number of nitrogens with zero attached hydrogens (tertiary/aromatic N) is 4. The molecule has 1 fully saturated rings. The summed E-state index contributed by atoms with van der Waals surface area (Å²) in [6, 6.07) is 20.0. The van der Waals surface area contributed by atoms with Gasteiger partial charge in [-0.05, 0) is 67.4 Å². The van der Waals surface area contributed by atoms with Gasteiger partial charge in [-0.25, -0.2) is 14.4 Å². The molecule has 5 aromatic rings. The second-order valence-electron chi connectivity index (χ2n) is 13.3. The van der Waals surface area contributed by atoms with E-state index in [2.05, 4.69) is 27.5 Å². The molecule has 4 N–H and O–H groups in total. The Hall–Kier alpha value is -6.62. The van der Waals surface area contributed by atoms with Gasteiger partial charge >= 0.3 is 0 Å². The van der Waals surface area contributed by atoms with E-state index in [4.69, 9.17) is 36.8 Å². The fourth-order valence-electron chi connectivity index (χ4n) is 6.93. The number of carbonyl (C=O) groups is 3. The summed E-state index contributed by atoms with van der Waals surface area (Å²) in [5.41, 5.74) is 11.1. The van der Waals surface area contributed by atoms with Gasteiger partial charge in [0.15, 0.2) is 6.29 Å². The first-order valence-corrected chi connectivity index (χ1v) is 18.5. The number of anilines is 3. The highest BCUT2D eigenvalue weighted by atomic mass is 35.5. The maximum Gasteiger partial charge on any atom is 0.257 e. The number of carbonyl (C=O) groups excluding carboxylic acids is 3. The summed E-state index contributed by atoms with van der Waals surface area (Å²) in [7, 11) is 2.97. The van der Waals surface area contributed by atoms with Gasteiger partial charge in [0.1, 0.15) is 17.3 Å². The summed E-state index contributed by atoms with van der Waals surface area (Å²) in [5, 5.41) is 6.59. The lowest BCUT2D eigenvalue weighted by Crippen LogP contribution is -2.41. The fourth-order valence-corrected chi connectivity index (χ4v) is 7.10. The number of benzene rings is 4. The number of hydrogen-bond donors (Lipinski definition) is 3.